The first kappa shape index (κ1) is 20.9. The van der Waals surface area contributed by atoms with Gasteiger partial charge in [-0.25, -0.2) is 9.48 Å². The lowest BCUT2D eigenvalue weighted by molar-refractivity contribution is 0.0590. The van der Waals surface area contributed by atoms with Crippen molar-refractivity contribution in [2.45, 2.75) is 13.3 Å². The molecule has 0 aliphatic rings. The van der Waals surface area contributed by atoms with Crippen molar-refractivity contribution in [3.63, 3.8) is 0 Å². The summed E-state index contributed by atoms with van der Waals surface area (Å²) in [4.78, 5) is 12.3. The van der Waals surface area contributed by atoms with Crippen LogP contribution in [0.25, 0.3) is 16.9 Å². The molecule has 0 atom stereocenters. The van der Waals surface area contributed by atoms with Gasteiger partial charge in [-0.1, -0.05) is 35.0 Å². The van der Waals surface area contributed by atoms with Crippen molar-refractivity contribution in [2.75, 3.05) is 7.11 Å². The fraction of sp³-hybridized carbons (Fsp3) is 0.120. The van der Waals surface area contributed by atoms with Crippen molar-refractivity contribution in [2.24, 2.45) is 0 Å². The lowest BCUT2D eigenvalue weighted by Crippen LogP contribution is -2.10. The van der Waals surface area contributed by atoms with Crippen molar-refractivity contribution in [1.29, 1.82) is 0 Å². The number of benzene rings is 3. The molecule has 4 rings (SSSR count). The molecule has 31 heavy (non-hydrogen) atoms. The molecule has 5 nitrogen and oxygen atoms in total. The fourth-order valence-corrected chi connectivity index (χ4v) is 3.44. The molecule has 0 bridgehead atoms. The first-order valence-corrected chi connectivity index (χ1v) is 10.7. The Bertz CT molecular complexity index is 1180. The highest BCUT2D eigenvalue weighted by Crippen LogP contribution is 2.27. The van der Waals surface area contributed by atoms with Gasteiger partial charge in [0, 0.05) is 10.0 Å². The Morgan fingerprint density at radius 2 is 1.55 bits per heavy atom. The predicted molar refractivity (Wildman–Crippen MR) is 124 cm³/mol. The van der Waals surface area contributed by atoms with Crippen LogP contribution in [0.1, 0.15) is 23.0 Å². The SMILES string of the molecule is CCc1ccc(Oc2ccc(-c3cc(C(=O)OC)n(-c4ccc(Br)cc4)n3)cc2)cc1. The molecular formula is C25H21BrN2O3. The van der Waals surface area contributed by atoms with E-state index in [2.05, 4.69) is 40.1 Å². The molecular weight excluding hydrogens is 456 g/mol. The number of methoxy groups -OCH3 is 1. The highest BCUT2D eigenvalue weighted by atomic mass is 79.9. The van der Waals surface area contributed by atoms with Crippen molar-refractivity contribution in [1.82, 2.24) is 9.78 Å². The van der Waals surface area contributed by atoms with E-state index in [-0.39, 0.29) is 0 Å². The minimum Gasteiger partial charge on any atom is -0.464 e. The first-order chi connectivity index (χ1) is 15.1. The maximum absolute atomic E-state index is 12.3. The third-order valence-corrected chi connectivity index (χ3v) is 5.42. The van der Waals surface area contributed by atoms with Crippen LogP contribution in [0.5, 0.6) is 11.5 Å². The molecule has 1 aromatic heterocycles. The maximum atomic E-state index is 12.3. The molecule has 0 amide bonds. The minimum atomic E-state index is -0.447. The lowest BCUT2D eigenvalue weighted by atomic mass is 10.1. The average molecular weight is 477 g/mol. The van der Waals surface area contributed by atoms with E-state index in [0.717, 1.165) is 33.6 Å². The smallest absolute Gasteiger partial charge is 0.356 e. The molecule has 0 N–H and O–H groups in total. The summed E-state index contributed by atoms with van der Waals surface area (Å²) in [6, 6.07) is 25.0. The van der Waals surface area contributed by atoms with Crippen molar-refractivity contribution < 1.29 is 14.3 Å². The summed E-state index contributed by atoms with van der Waals surface area (Å²) in [5.41, 5.74) is 3.93. The number of ether oxygens (including phenoxy) is 2. The number of nitrogens with zero attached hydrogens (tertiary/aromatic N) is 2. The standard InChI is InChI=1S/C25H21BrN2O3/c1-3-17-4-12-21(13-5-17)31-22-14-6-18(7-15-22)23-16-24(25(29)30-2)28(27-23)20-10-8-19(26)9-11-20/h4-16H,3H2,1-2H3. The quantitative estimate of drug-likeness (QED) is 0.300. The number of hydrogen-bond donors (Lipinski definition) is 0. The van der Waals surface area contributed by atoms with Gasteiger partial charge in [-0.3, -0.25) is 0 Å². The van der Waals surface area contributed by atoms with Gasteiger partial charge in [0.15, 0.2) is 5.69 Å². The molecule has 3 aromatic carbocycles. The zero-order chi connectivity index (χ0) is 21.8. The van der Waals surface area contributed by atoms with Gasteiger partial charge in [0.1, 0.15) is 11.5 Å². The Labute approximate surface area is 189 Å². The maximum Gasteiger partial charge on any atom is 0.356 e. The summed E-state index contributed by atoms with van der Waals surface area (Å²) >= 11 is 3.43. The summed E-state index contributed by atoms with van der Waals surface area (Å²) in [6.07, 6.45) is 0.995. The molecule has 0 saturated carbocycles. The first-order valence-electron chi connectivity index (χ1n) is 9.89. The van der Waals surface area contributed by atoms with Gasteiger partial charge in [0.05, 0.1) is 18.5 Å². The van der Waals surface area contributed by atoms with Crippen LogP contribution in [0.3, 0.4) is 0 Å². The second kappa shape index (κ2) is 9.18. The molecule has 156 valence electrons. The highest BCUT2D eigenvalue weighted by molar-refractivity contribution is 9.10. The van der Waals surface area contributed by atoms with Gasteiger partial charge >= 0.3 is 5.97 Å². The van der Waals surface area contributed by atoms with Gasteiger partial charge in [-0.2, -0.15) is 5.10 Å². The van der Waals surface area contributed by atoms with Crippen LogP contribution < -0.4 is 4.74 Å². The molecule has 0 radical (unpaired) electrons. The monoisotopic (exact) mass is 476 g/mol. The third-order valence-electron chi connectivity index (χ3n) is 4.89. The number of carbonyl (C=O) groups is 1. The molecule has 0 unspecified atom stereocenters. The molecule has 0 fully saturated rings. The zero-order valence-electron chi connectivity index (χ0n) is 17.2. The molecule has 0 aliphatic carbocycles. The molecule has 1 heterocycles. The number of hydrogen-bond acceptors (Lipinski definition) is 4. The molecule has 0 spiro atoms. The average Bonchev–Trinajstić information content (AvgIpc) is 3.25. The van der Waals surface area contributed by atoms with Gasteiger partial charge in [0.2, 0.25) is 0 Å². The van der Waals surface area contributed by atoms with Crippen LogP contribution in [0.15, 0.2) is 83.3 Å². The minimum absolute atomic E-state index is 0.358. The van der Waals surface area contributed by atoms with E-state index in [1.54, 1.807) is 10.7 Å². The number of halogens is 1. The van der Waals surface area contributed by atoms with Crippen molar-refractivity contribution >= 4 is 21.9 Å². The van der Waals surface area contributed by atoms with Crippen LogP contribution in [0.4, 0.5) is 0 Å². The topological polar surface area (TPSA) is 53.4 Å². The number of aromatic nitrogens is 2. The van der Waals surface area contributed by atoms with E-state index in [1.807, 2.05) is 60.7 Å². The van der Waals surface area contributed by atoms with Crippen LogP contribution >= 0.6 is 15.9 Å². The normalized spacial score (nSPS) is 10.7. The summed E-state index contributed by atoms with van der Waals surface area (Å²) < 4.78 is 13.4. The van der Waals surface area contributed by atoms with E-state index in [1.165, 1.54) is 12.7 Å². The van der Waals surface area contributed by atoms with E-state index in [9.17, 15) is 4.79 Å². The Morgan fingerprint density at radius 1 is 0.935 bits per heavy atom. The van der Waals surface area contributed by atoms with E-state index in [0.29, 0.717) is 11.4 Å². The Hall–Kier alpha value is -3.38. The molecule has 4 aromatic rings. The van der Waals surface area contributed by atoms with E-state index >= 15 is 0 Å². The second-order valence-corrected chi connectivity index (χ2v) is 7.83. The predicted octanol–water partition coefficient (Wildman–Crippen LogP) is 6.44. The number of rotatable bonds is 6. The van der Waals surface area contributed by atoms with Gasteiger partial charge < -0.3 is 9.47 Å². The van der Waals surface area contributed by atoms with Crippen LogP contribution in [-0.4, -0.2) is 22.9 Å². The Balaban J connectivity index is 1.61. The van der Waals surface area contributed by atoms with E-state index in [4.69, 9.17) is 9.47 Å². The Kier molecular flexibility index (Phi) is 6.18. The lowest BCUT2D eigenvalue weighted by Gasteiger charge is -2.07. The van der Waals surface area contributed by atoms with Gasteiger partial charge in [-0.05, 0) is 78.7 Å². The van der Waals surface area contributed by atoms with Crippen LogP contribution in [0, 0.1) is 0 Å². The van der Waals surface area contributed by atoms with E-state index < -0.39 is 5.97 Å². The van der Waals surface area contributed by atoms with Gasteiger partial charge in [-0.15, -0.1) is 0 Å². The molecule has 0 aliphatic heterocycles. The highest BCUT2D eigenvalue weighted by Gasteiger charge is 2.18. The fourth-order valence-electron chi connectivity index (χ4n) is 3.17. The number of aryl methyl sites for hydroxylation is 1. The number of esters is 1. The Morgan fingerprint density at radius 3 is 2.13 bits per heavy atom. The largest absolute Gasteiger partial charge is 0.464 e. The summed E-state index contributed by atoms with van der Waals surface area (Å²) in [5, 5.41) is 4.64. The van der Waals surface area contributed by atoms with Crippen molar-refractivity contribution in [3.8, 4) is 28.4 Å². The number of carbonyl (C=O) groups excluding carboxylic acids is 1. The summed E-state index contributed by atoms with van der Waals surface area (Å²) in [7, 11) is 1.36. The molecule has 6 heteroatoms. The van der Waals surface area contributed by atoms with Crippen LogP contribution in [0.2, 0.25) is 0 Å². The second-order valence-electron chi connectivity index (χ2n) is 6.92. The molecule has 0 saturated heterocycles. The summed E-state index contributed by atoms with van der Waals surface area (Å²) in [6.45, 7) is 2.12. The van der Waals surface area contributed by atoms with Gasteiger partial charge in [0.25, 0.3) is 0 Å². The summed E-state index contributed by atoms with van der Waals surface area (Å²) in [5.74, 6) is 1.07. The zero-order valence-corrected chi connectivity index (χ0v) is 18.8. The third kappa shape index (κ3) is 4.70. The van der Waals surface area contributed by atoms with Crippen LogP contribution in [-0.2, 0) is 11.2 Å². The van der Waals surface area contributed by atoms with Crippen molar-refractivity contribution in [3.05, 3.63) is 94.6 Å².